The molecule has 0 spiro atoms. The third kappa shape index (κ3) is 2.60. The number of aliphatic hydroxyl groups excluding tert-OH is 1. The molecule has 72 valence electrons. The lowest BCUT2D eigenvalue weighted by Crippen LogP contribution is -2.10. The van der Waals surface area contributed by atoms with E-state index in [0.29, 0.717) is 10.0 Å². The van der Waals surface area contributed by atoms with E-state index in [9.17, 15) is 5.11 Å². The highest BCUT2D eigenvalue weighted by molar-refractivity contribution is 6.42. The second kappa shape index (κ2) is 4.32. The molecule has 1 nitrogen and oxygen atoms in total. The van der Waals surface area contributed by atoms with E-state index in [1.165, 1.54) is 0 Å². The fourth-order valence-electron chi connectivity index (χ4n) is 1.07. The molecular weight excluding hydrogens is 207 g/mol. The Balaban J connectivity index is 2.97. The summed E-state index contributed by atoms with van der Waals surface area (Å²) < 4.78 is 0. The SMILES string of the molecule is CC(O)C(C)c1ccc(Cl)c(Cl)c1. The zero-order valence-corrected chi connectivity index (χ0v) is 9.10. The smallest absolute Gasteiger partial charge is 0.0595 e. The van der Waals surface area contributed by atoms with Crippen LogP contribution in [0.4, 0.5) is 0 Å². The number of aliphatic hydroxyl groups is 1. The molecule has 0 radical (unpaired) electrons. The molecule has 1 rings (SSSR count). The summed E-state index contributed by atoms with van der Waals surface area (Å²) in [5, 5.41) is 10.4. The number of rotatable bonds is 2. The van der Waals surface area contributed by atoms with E-state index in [2.05, 4.69) is 0 Å². The molecule has 2 atom stereocenters. The molecule has 0 amide bonds. The molecule has 0 aliphatic heterocycles. The summed E-state index contributed by atoms with van der Waals surface area (Å²) >= 11 is 11.6. The van der Waals surface area contributed by atoms with Crippen LogP contribution in [0.3, 0.4) is 0 Å². The molecule has 13 heavy (non-hydrogen) atoms. The first-order valence-corrected chi connectivity index (χ1v) is 4.91. The van der Waals surface area contributed by atoms with Crippen LogP contribution in [-0.4, -0.2) is 11.2 Å². The minimum absolute atomic E-state index is 0.0785. The van der Waals surface area contributed by atoms with Crippen molar-refractivity contribution in [2.45, 2.75) is 25.9 Å². The van der Waals surface area contributed by atoms with Gasteiger partial charge in [-0.1, -0.05) is 36.2 Å². The van der Waals surface area contributed by atoms with E-state index in [1.807, 2.05) is 13.0 Å². The van der Waals surface area contributed by atoms with Crippen LogP contribution in [0, 0.1) is 0 Å². The molecule has 0 aliphatic carbocycles. The molecule has 2 unspecified atom stereocenters. The van der Waals surface area contributed by atoms with E-state index >= 15 is 0 Å². The largest absolute Gasteiger partial charge is 0.393 e. The van der Waals surface area contributed by atoms with Gasteiger partial charge in [0.1, 0.15) is 0 Å². The van der Waals surface area contributed by atoms with Gasteiger partial charge >= 0.3 is 0 Å². The van der Waals surface area contributed by atoms with Crippen LogP contribution in [0.15, 0.2) is 18.2 Å². The molecule has 1 aromatic rings. The third-order valence-corrected chi connectivity index (χ3v) is 2.93. The van der Waals surface area contributed by atoms with Crippen LogP contribution < -0.4 is 0 Å². The van der Waals surface area contributed by atoms with E-state index in [0.717, 1.165) is 5.56 Å². The molecule has 1 N–H and O–H groups in total. The minimum atomic E-state index is -0.378. The summed E-state index contributed by atoms with van der Waals surface area (Å²) in [4.78, 5) is 0. The van der Waals surface area contributed by atoms with Crippen molar-refractivity contribution in [2.75, 3.05) is 0 Å². The van der Waals surface area contributed by atoms with Gasteiger partial charge in [0, 0.05) is 5.92 Å². The Labute approximate surface area is 88.3 Å². The third-order valence-electron chi connectivity index (χ3n) is 2.19. The lowest BCUT2D eigenvalue weighted by atomic mass is 9.97. The Morgan fingerprint density at radius 2 is 1.77 bits per heavy atom. The summed E-state index contributed by atoms with van der Waals surface area (Å²) in [5.41, 5.74) is 1.00. The van der Waals surface area contributed by atoms with E-state index < -0.39 is 0 Å². The van der Waals surface area contributed by atoms with Crippen LogP contribution in [0.1, 0.15) is 25.3 Å². The summed E-state index contributed by atoms with van der Waals surface area (Å²) in [7, 11) is 0. The highest BCUT2D eigenvalue weighted by Gasteiger charge is 2.12. The van der Waals surface area contributed by atoms with Gasteiger partial charge in [-0.05, 0) is 24.6 Å². The van der Waals surface area contributed by atoms with Gasteiger partial charge in [-0.2, -0.15) is 0 Å². The quantitative estimate of drug-likeness (QED) is 0.807. The molecule has 0 saturated heterocycles. The Morgan fingerprint density at radius 3 is 2.23 bits per heavy atom. The van der Waals surface area contributed by atoms with Gasteiger partial charge in [0.05, 0.1) is 16.1 Å². The number of hydrogen-bond acceptors (Lipinski definition) is 1. The minimum Gasteiger partial charge on any atom is -0.393 e. The van der Waals surface area contributed by atoms with Gasteiger partial charge in [0.2, 0.25) is 0 Å². The highest BCUT2D eigenvalue weighted by atomic mass is 35.5. The molecule has 0 fully saturated rings. The molecule has 0 aromatic heterocycles. The van der Waals surface area contributed by atoms with E-state index in [4.69, 9.17) is 23.2 Å². The topological polar surface area (TPSA) is 20.2 Å². The average molecular weight is 219 g/mol. The van der Waals surface area contributed by atoms with Crippen molar-refractivity contribution in [3.8, 4) is 0 Å². The zero-order valence-electron chi connectivity index (χ0n) is 7.59. The molecule has 0 heterocycles. The van der Waals surface area contributed by atoms with Crippen LogP contribution >= 0.6 is 23.2 Å². The van der Waals surface area contributed by atoms with Gasteiger partial charge in [-0.25, -0.2) is 0 Å². The Kier molecular flexibility index (Phi) is 3.60. The van der Waals surface area contributed by atoms with Crippen LogP contribution in [0.2, 0.25) is 10.0 Å². The second-order valence-corrected chi connectivity index (χ2v) is 4.02. The van der Waals surface area contributed by atoms with Crippen molar-refractivity contribution in [1.82, 2.24) is 0 Å². The molecule has 0 saturated carbocycles. The Bertz CT molecular complexity index is 297. The maximum Gasteiger partial charge on any atom is 0.0595 e. The van der Waals surface area contributed by atoms with Gasteiger partial charge in [-0.3, -0.25) is 0 Å². The zero-order chi connectivity index (χ0) is 10.0. The van der Waals surface area contributed by atoms with Crippen molar-refractivity contribution in [3.63, 3.8) is 0 Å². The van der Waals surface area contributed by atoms with Crippen LogP contribution in [0.25, 0.3) is 0 Å². The van der Waals surface area contributed by atoms with E-state index in [1.54, 1.807) is 19.1 Å². The van der Waals surface area contributed by atoms with Crippen LogP contribution in [0.5, 0.6) is 0 Å². The fraction of sp³-hybridized carbons (Fsp3) is 0.400. The van der Waals surface area contributed by atoms with Crippen molar-refractivity contribution in [3.05, 3.63) is 33.8 Å². The predicted molar refractivity (Wildman–Crippen MR) is 56.6 cm³/mol. The lowest BCUT2D eigenvalue weighted by molar-refractivity contribution is 0.169. The van der Waals surface area contributed by atoms with Gasteiger partial charge in [0.15, 0.2) is 0 Å². The predicted octanol–water partition coefficient (Wildman–Crippen LogP) is 3.48. The van der Waals surface area contributed by atoms with Crippen molar-refractivity contribution >= 4 is 23.2 Å². The fourth-order valence-corrected chi connectivity index (χ4v) is 1.38. The lowest BCUT2D eigenvalue weighted by Gasteiger charge is -2.15. The molecule has 3 heteroatoms. The van der Waals surface area contributed by atoms with Gasteiger partial charge < -0.3 is 5.11 Å². The van der Waals surface area contributed by atoms with Gasteiger partial charge in [0.25, 0.3) is 0 Å². The molecule has 1 aromatic carbocycles. The van der Waals surface area contributed by atoms with Crippen LogP contribution in [-0.2, 0) is 0 Å². The number of benzene rings is 1. The normalized spacial score (nSPS) is 15.5. The average Bonchev–Trinajstić information content (AvgIpc) is 2.08. The molecule has 0 bridgehead atoms. The second-order valence-electron chi connectivity index (χ2n) is 3.20. The van der Waals surface area contributed by atoms with Crippen molar-refractivity contribution in [2.24, 2.45) is 0 Å². The summed E-state index contributed by atoms with van der Waals surface area (Å²) in [6, 6.07) is 5.42. The summed E-state index contributed by atoms with van der Waals surface area (Å²) in [6.07, 6.45) is -0.378. The monoisotopic (exact) mass is 218 g/mol. The van der Waals surface area contributed by atoms with Crippen molar-refractivity contribution in [1.29, 1.82) is 0 Å². The standard InChI is InChI=1S/C10H12Cl2O/c1-6(7(2)13)8-3-4-9(11)10(12)5-8/h3-7,13H,1-2H3. The first kappa shape index (κ1) is 10.8. The molecule has 0 aliphatic rings. The van der Waals surface area contributed by atoms with E-state index in [-0.39, 0.29) is 12.0 Å². The Hall–Kier alpha value is -0.240. The van der Waals surface area contributed by atoms with Gasteiger partial charge in [-0.15, -0.1) is 0 Å². The maximum atomic E-state index is 9.36. The first-order valence-electron chi connectivity index (χ1n) is 4.15. The molecular formula is C10H12Cl2O. The summed E-state index contributed by atoms with van der Waals surface area (Å²) in [6.45, 7) is 3.71. The maximum absolute atomic E-state index is 9.36. The highest BCUT2D eigenvalue weighted by Crippen LogP contribution is 2.27. The number of halogens is 2. The Morgan fingerprint density at radius 1 is 1.15 bits per heavy atom. The van der Waals surface area contributed by atoms with Crippen molar-refractivity contribution < 1.29 is 5.11 Å². The first-order chi connectivity index (χ1) is 6.02. The summed E-state index contributed by atoms with van der Waals surface area (Å²) in [5.74, 6) is 0.0785. The number of hydrogen-bond donors (Lipinski definition) is 1.